The second kappa shape index (κ2) is 4.50. The summed E-state index contributed by atoms with van der Waals surface area (Å²) in [5.74, 6) is 2.71. The van der Waals surface area contributed by atoms with Gasteiger partial charge in [-0.3, -0.25) is 10.1 Å². The number of hydrogen-bond acceptors (Lipinski definition) is 4. The highest BCUT2D eigenvalue weighted by Crippen LogP contribution is 2.47. The molecule has 2 atom stereocenters. The number of hydrogen-bond donors (Lipinski definition) is 1. The first-order valence-electron chi connectivity index (χ1n) is 7.00. The van der Waals surface area contributed by atoms with Crippen molar-refractivity contribution in [1.29, 1.82) is 0 Å². The molecule has 3 fully saturated rings. The molecule has 102 valence electrons. The van der Waals surface area contributed by atoms with E-state index >= 15 is 0 Å². The fourth-order valence-corrected chi connectivity index (χ4v) is 5.05. The summed E-state index contributed by atoms with van der Waals surface area (Å²) in [6.45, 7) is 0. The fraction of sp³-hybridized carbons (Fsp3) is 0.643. The van der Waals surface area contributed by atoms with Crippen LogP contribution in [0.4, 0.5) is 0 Å². The van der Waals surface area contributed by atoms with E-state index in [2.05, 4.69) is 27.0 Å². The van der Waals surface area contributed by atoms with Gasteiger partial charge in [0.1, 0.15) is 11.7 Å². The minimum Gasteiger partial charge on any atom is -0.317 e. The smallest absolute Gasteiger partial charge is 0.244 e. The molecule has 4 rings (SSSR count). The van der Waals surface area contributed by atoms with Crippen molar-refractivity contribution in [2.24, 2.45) is 0 Å². The average molecular weight is 294 g/mol. The van der Waals surface area contributed by atoms with Crippen molar-refractivity contribution in [2.45, 2.75) is 43.4 Å². The van der Waals surface area contributed by atoms with E-state index in [0.29, 0.717) is 11.9 Å². The van der Waals surface area contributed by atoms with Gasteiger partial charge in [-0.25, -0.2) is 0 Å². The van der Waals surface area contributed by atoms with Crippen LogP contribution in [0.15, 0.2) is 16.8 Å². The van der Waals surface area contributed by atoms with Gasteiger partial charge in [-0.2, -0.15) is 23.1 Å². The van der Waals surface area contributed by atoms with Crippen molar-refractivity contribution in [3.05, 3.63) is 22.4 Å². The second-order valence-electron chi connectivity index (χ2n) is 5.77. The molecule has 1 amide bonds. The molecule has 5 heteroatoms. The van der Waals surface area contributed by atoms with Gasteiger partial charge < -0.3 is 4.90 Å². The highest BCUT2D eigenvalue weighted by Gasteiger charge is 2.60. The quantitative estimate of drug-likeness (QED) is 0.910. The van der Waals surface area contributed by atoms with Crippen LogP contribution < -0.4 is 5.32 Å². The molecule has 1 saturated carbocycles. The molecule has 1 spiro atoms. The van der Waals surface area contributed by atoms with E-state index < -0.39 is 0 Å². The standard InChI is InChI=1S/C14H18N2OS2/c17-13-14(4-5-14)15-12(10-3-7-19-8-10)16(13)11-2-1-6-18-9-11/h3,7-8,11-12,15H,1-2,4-6,9H2. The summed E-state index contributed by atoms with van der Waals surface area (Å²) < 4.78 is 0. The Hall–Kier alpha value is -0.520. The van der Waals surface area contributed by atoms with Gasteiger partial charge in [0.15, 0.2) is 0 Å². The number of thiophene rings is 1. The van der Waals surface area contributed by atoms with Crippen molar-refractivity contribution >= 4 is 29.0 Å². The lowest BCUT2D eigenvalue weighted by atomic mass is 10.1. The minimum atomic E-state index is -0.200. The SMILES string of the molecule is O=C1N(C2CCCSC2)C(c2ccsc2)NC12CC2. The summed E-state index contributed by atoms with van der Waals surface area (Å²) in [7, 11) is 0. The van der Waals surface area contributed by atoms with E-state index in [1.165, 1.54) is 17.7 Å². The molecular weight excluding hydrogens is 276 g/mol. The van der Waals surface area contributed by atoms with E-state index in [0.717, 1.165) is 25.0 Å². The predicted octanol–water partition coefficient (Wildman–Crippen LogP) is 2.61. The maximum atomic E-state index is 12.8. The van der Waals surface area contributed by atoms with Gasteiger partial charge in [0.2, 0.25) is 5.91 Å². The monoisotopic (exact) mass is 294 g/mol. The maximum absolute atomic E-state index is 12.8. The molecule has 3 heterocycles. The van der Waals surface area contributed by atoms with Crippen LogP contribution in [0.25, 0.3) is 0 Å². The van der Waals surface area contributed by atoms with E-state index in [9.17, 15) is 4.79 Å². The van der Waals surface area contributed by atoms with Crippen LogP contribution in [-0.4, -0.2) is 33.9 Å². The van der Waals surface area contributed by atoms with E-state index in [1.807, 2.05) is 11.8 Å². The Labute approximate surface area is 121 Å². The van der Waals surface area contributed by atoms with Crippen molar-refractivity contribution in [2.75, 3.05) is 11.5 Å². The molecule has 2 unspecified atom stereocenters. The molecule has 1 aliphatic carbocycles. The largest absolute Gasteiger partial charge is 0.317 e. The van der Waals surface area contributed by atoms with Crippen LogP contribution in [0.3, 0.4) is 0 Å². The summed E-state index contributed by atoms with van der Waals surface area (Å²) in [5, 5.41) is 7.89. The first-order chi connectivity index (χ1) is 9.30. The molecule has 1 aromatic heterocycles. The lowest BCUT2D eigenvalue weighted by Gasteiger charge is -2.34. The number of thioether (sulfide) groups is 1. The van der Waals surface area contributed by atoms with Gasteiger partial charge in [-0.05, 0) is 53.8 Å². The molecule has 2 aliphatic heterocycles. The van der Waals surface area contributed by atoms with Crippen LogP contribution in [0.1, 0.15) is 37.4 Å². The van der Waals surface area contributed by atoms with E-state index in [1.54, 1.807) is 11.3 Å². The molecule has 0 bridgehead atoms. The fourth-order valence-electron chi connectivity index (χ4n) is 3.23. The van der Waals surface area contributed by atoms with Gasteiger partial charge in [0.25, 0.3) is 0 Å². The van der Waals surface area contributed by atoms with Crippen LogP contribution in [0.5, 0.6) is 0 Å². The number of carbonyl (C=O) groups excluding carboxylic acids is 1. The Morgan fingerprint density at radius 3 is 2.95 bits per heavy atom. The molecule has 0 aromatic carbocycles. The molecule has 3 nitrogen and oxygen atoms in total. The zero-order valence-electron chi connectivity index (χ0n) is 10.8. The highest BCUT2D eigenvalue weighted by molar-refractivity contribution is 7.99. The van der Waals surface area contributed by atoms with Crippen molar-refractivity contribution in [1.82, 2.24) is 10.2 Å². The second-order valence-corrected chi connectivity index (χ2v) is 7.70. The van der Waals surface area contributed by atoms with E-state index in [4.69, 9.17) is 0 Å². The number of nitrogens with zero attached hydrogens (tertiary/aromatic N) is 1. The molecule has 3 aliphatic rings. The maximum Gasteiger partial charge on any atom is 0.244 e. The van der Waals surface area contributed by atoms with Gasteiger partial charge in [-0.1, -0.05) is 0 Å². The molecule has 1 N–H and O–H groups in total. The van der Waals surface area contributed by atoms with Crippen molar-refractivity contribution in [3.63, 3.8) is 0 Å². The van der Waals surface area contributed by atoms with Gasteiger partial charge in [0, 0.05) is 11.8 Å². The molecule has 1 aromatic rings. The third-order valence-corrected chi connectivity index (χ3v) is 6.37. The Morgan fingerprint density at radius 2 is 2.32 bits per heavy atom. The zero-order valence-corrected chi connectivity index (χ0v) is 12.4. The first kappa shape index (κ1) is 12.2. The van der Waals surface area contributed by atoms with Gasteiger partial charge >= 0.3 is 0 Å². The molecule has 0 radical (unpaired) electrons. The van der Waals surface area contributed by atoms with Crippen LogP contribution >= 0.6 is 23.1 Å². The Morgan fingerprint density at radius 1 is 1.42 bits per heavy atom. The van der Waals surface area contributed by atoms with Crippen LogP contribution in [0, 0.1) is 0 Å². The van der Waals surface area contributed by atoms with Crippen molar-refractivity contribution < 1.29 is 4.79 Å². The average Bonchev–Trinajstić information content (AvgIpc) is 2.92. The van der Waals surface area contributed by atoms with Crippen molar-refractivity contribution in [3.8, 4) is 0 Å². The predicted molar refractivity (Wildman–Crippen MR) is 79.4 cm³/mol. The summed E-state index contributed by atoms with van der Waals surface area (Å²) in [4.78, 5) is 14.9. The number of rotatable bonds is 2. The number of nitrogens with one attached hydrogen (secondary N) is 1. The number of amides is 1. The topological polar surface area (TPSA) is 32.3 Å². The normalized spacial score (nSPS) is 33.1. The lowest BCUT2D eigenvalue weighted by molar-refractivity contribution is -0.132. The summed E-state index contributed by atoms with van der Waals surface area (Å²) in [5.41, 5.74) is 1.06. The summed E-state index contributed by atoms with van der Waals surface area (Å²) in [6.07, 6.45) is 4.55. The highest BCUT2D eigenvalue weighted by atomic mass is 32.2. The summed E-state index contributed by atoms with van der Waals surface area (Å²) >= 11 is 3.71. The third kappa shape index (κ3) is 1.94. The molecule has 19 heavy (non-hydrogen) atoms. The number of carbonyl (C=O) groups is 1. The zero-order chi connectivity index (χ0) is 12.9. The van der Waals surface area contributed by atoms with E-state index in [-0.39, 0.29) is 11.7 Å². The van der Waals surface area contributed by atoms with Gasteiger partial charge in [-0.15, -0.1) is 0 Å². The van der Waals surface area contributed by atoms with Crippen LogP contribution in [0.2, 0.25) is 0 Å². The Kier molecular flexibility index (Phi) is 2.90. The summed E-state index contributed by atoms with van der Waals surface area (Å²) in [6, 6.07) is 2.57. The molecule has 2 saturated heterocycles. The Bertz CT molecular complexity index is 478. The lowest BCUT2D eigenvalue weighted by Crippen LogP contribution is -2.43. The Balaban J connectivity index is 1.66. The minimum absolute atomic E-state index is 0.116. The first-order valence-corrected chi connectivity index (χ1v) is 9.10. The van der Waals surface area contributed by atoms with Gasteiger partial charge in [0.05, 0.1) is 0 Å². The third-order valence-electron chi connectivity index (χ3n) is 4.47. The molecular formula is C14H18N2OS2. The van der Waals surface area contributed by atoms with Crippen LogP contribution in [-0.2, 0) is 4.79 Å².